The molecule has 3 N–H and O–H groups in total. The van der Waals surface area contributed by atoms with E-state index in [1.165, 1.54) is 6.92 Å². The average molecular weight is 384 g/mol. The van der Waals surface area contributed by atoms with E-state index in [1.54, 1.807) is 67.6 Å². The van der Waals surface area contributed by atoms with Gasteiger partial charge in [0.15, 0.2) is 0 Å². The standard InChI is InChI=1S/C20H24N4O4/c1-14(25)21-15-7-9-16(10-8-15)22-19(26)12-24(2)13-20(27)23-17-5-4-6-18(11-17)28-3/h4-11H,12-13H2,1-3H3,(H,21,25)(H,22,26)(H,23,27). The summed E-state index contributed by atoms with van der Waals surface area (Å²) in [4.78, 5) is 36.9. The highest BCUT2D eigenvalue weighted by Gasteiger charge is 2.11. The second-order valence-electron chi connectivity index (χ2n) is 6.26. The lowest BCUT2D eigenvalue weighted by atomic mass is 10.2. The zero-order valence-electron chi connectivity index (χ0n) is 16.1. The van der Waals surface area contributed by atoms with E-state index in [-0.39, 0.29) is 30.8 Å². The minimum absolute atomic E-state index is 0.0545. The lowest BCUT2D eigenvalue weighted by Crippen LogP contribution is -2.36. The highest BCUT2D eigenvalue weighted by atomic mass is 16.5. The lowest BCUT2D eigenvalue weighted by molar-refractivity contribution is -0.119. The van der Waals surface area contributed by atoms with Crippen molar-refractivity contribution in [2.45, 2.75) is 6.92 Å². The third-order valence-corrected chi connectivity index (χ3v) is 3.67. The molecule has 3 amide bonds. The summed E-state index contributed by atoms with van der Waals surface area (Å²) in [7, 11) is 3.24. The van der Waals surface area contributed by atoms with Crippen LogP contribution in [-0.4, -0.2) is 49.9 Å². The molecule has 2 aromatic rings. The first kappa shape index (κ1) is 20.9. The van der Waals surface area contributed by atoms with Crippen LogP contribution in [0.15, 0.2) is 48.5 Å². The van der Waals surface area contributed by atoms with Crippen LogP contribution in [0.25, 0.3) is 0 Å². The fourth-order valence-corrected chi connectivity index (χ4v) is 2.49. The summed E-state index contributed by atoms with van der Waals surface area (Å²) in [6, 6.07) is 13.8. The van der Waals surface area contributed by atoms with Gasteiger partial charge in [-0.25, -0.2) is 0 Å². The molecule has 0 bridgehead atoms. The summed E-state index contributed by atoms with van der Waals surface area (Å²) in [5.41, 5.74) is 1.88. The Bertz CT molecular complexity index is 836. The predicted octanol–water partition coefficient (Wildman–Crippen LogP) is 2.16. The topological polar surface area (TPSA) is 99.8 Å². The molecule has 0 radical (unpaired) electrons. The molecule has 0 saturated carbocycles. The molecular formula is C20H24N4O4. The van der Waals surface area contributed by atoms with Crippen molar-refractivity contribution >= 4 is 34.8 Å². The number of hydrogen-bond donors (Lipinski definition) is 3. The number of nitrogens with one attached hydrogen (secondary N) is 3. The number of ether oxygens (including phenoxy) is 1. The van der Waals surface area contributed by atoms with Gasteiger partial charge in [-0.05, 0) is 43.4 Å². The molecule has 0 aliphatic rings. The Morgan fingerprint density at radius 3 is 1.93 bits per heavy atom. The van der Waals surface area contributed by atoms with E-state index < -0.39 is 0 Å². The Morgan fingerprint density at radius 1 is 0.857 bits per heavy atom. The van der Waals surface area contributed by atoms with Crippen LogP contribution >= 0.6 is 0 Å². The number of nitrogens with zero attached hydrogens (tertiary/aromatic N) is 1. The summed E-state index contributed by atoms with van der Waals surface area (Å²) in [6.45, 7) is 1.54. The molecule has 8 heteroatoms. The van der Waals surface area contributed by atoms with Crippen LogP contribution in [-0.2, 0) is 14.4 Å². The quantitative estimate of drug-likeness (QED) is 0.648. The van der Waals surface area contributed by atoms with Gasteiger partial charge in [-0.2, -0.15) is 0 Å². The Hall–Kier alpha value is -3.39. The third-order valence-electron chi connectivity index (χ3n) is 3.67. The second-order valence-corrected chi connectivity index (χ2v) is 6.26. The van der Waals surface area contributed by atoms with Crippen molar-refractivity contribution in [1.29, 1.82) is 0 Å². The van der Waals surface area contributed by atoms with Crippen molar-refractivity contribution in [2.75, 3.05) is 43.2 Å². The highest BCUT2D eigenvalue weighted by molar-refractivity contribution is 5.95. The number of carbonyl (C=O) groups excluding carboxylic acids is 3. The maximum atomic E-state index is 12.1. The SMILES string of the molecule is COc1cccc(NC(=O)CN(C)CC(=O)Nc2ccc(NC(C)=O)cc2)c1. The summed E-state index contributed by atoms with van der Waals surface area (Å²) in [5, 5.41) is 8.17. The molecule has 0 fully saturated rings. The highest BCUT2D eigenvalue weighted by Crippen LogP contribution is 2.16. The lowest BCUT2D eigenvalue weighted by Gasteiger charge is -2.16. The van der Waals surface area contributed by atoms with Gasteiger partial charge in [-0.15, -0.1) is 0 Å². The summed E-state index contributed by atoms with van der Waals surface area (Å²) >= 11 is 0. The van der Waals surface area contributed by atoms with Crippen LogP contribution in [0.3, 0.4) is 0 Å². The monoisotopic (exact) mass is 384 g/mol. The molecule has 0 heterocycles. The normalized spacial score (nSPS) is 10.3. The van der Waals surface area contributed by atoms with Gasteiger partial charge in [-0.1, -0.05) is 6.07 Å². The van der Waals surface area contributed by atoms with Gasteiger partial charge in [0.2, 0.25) is 17.7 Å². The van der Waals surface area contributed by atoms with Crippen LogP contribution < -0.4 is 20.7 Å². The zero-order chi connectivity index (χ0) is 20.5. The van der Waals surface area contributed by atoms with E-state index >= 15 is 0 Å². The maximum absolute atomic E-state index is 12.1. The minimum atomic E-state index is -0.246. The van der Waals surface area contributed by atoms with Crippen molar-refractivity contribution in [1.82, 2.24) is 4.90 Å². The van der Waals surface area contributed by atoms with Gasteiger partial charge in [0.1, 0.15) is 5.75 Å². The van der Waals surface area contributed by atoms with Gasteiger partial charge in [0.05, 0.1) is 20.2 Å². The molecule has 0 aliphatic carbocycles. The number of carbonyl (C=O) groups is 3. The number of rotatable bonds is 8. The van der Waals surface area contributed by atoms with Crippen LogP contribution in [0, 0.1) is 0 Å². The number of hydrogen-bond acceptors (Lipinski definition) is 5. The Kier molecular flexibility index (Phi) is 7.53. The van der Waals surface area contributed by atoms with E-state index in [0.717, 1.165) is 0 Å². The molecule has 0 spiro atoms. The van der Waals surface area contributed by atoms with E-state index in [9.17, 15) is 14.4 Å². The van der Waals surface area contributed by atoms with Crippen molar-refractivity contribution in [3.63, 3.8) is 0 Å². The number of methoxy groups -OCH3 is 1. The summed E-state index contributed by atoms with van der Waals surface area (Å²) in [5.74, 6) is 0.00728. The summed E-state index contributed by atoms with van der Waals surface area (Å²) < 4.78 is 5.12. The molecule has 2 aromatic carbocycles. The Labute approximate surface area is 163 Å². The van der Waals surface area contributed by atoms with Crippen molar-refractivity contribution in [2.24, 2.45) is 0 Å². The van der Waals surface area contributed by atoms with Crippen molar-refractivity contribution in [3.05, 3.63) is 48.5 Å². The molecule has 28 heavy (non-hydrogen) atoms. The van der Waals surface area contributed by atoms with E-state index in [4.69, 9.17) is 4.74 Å². The second kappa shape index (κ2) is 10.1. The van der Waals surface area contributed by atoms with Gasteiger partial charge < -0.3 is 20.7 Å². The van der Waals surface area contributed by atoms with Crippen LogP contribution in [0.5, 0.6) is 5.75 Å². The van der Waals surface area contributed by atoms with E-state index in [1.807, 2.05) is 0 Å². The third kappa shape index (κ3) is 7.08. The first-order chi connectivity index (χ1) is 13.4. The van der Waals surface area contributed by atoms with Gasteiger partial charge >= 0.3 is 0 Å². The zero-order valence-corrected chi connectivity index (χ0v) is 16.1. The molecule has 8 nitrogen and oxygen atoms in total. The van der Waals surface area contributed by atoms with E-state index in [0.29, 0.717) is 22.8 Å². The molecule has 0 saturated heterocycles. The molecule has 0 atom stereocenters. The molecular weight excluding hydrogens is 360 g/mol. The molecule has 0 unspecified atom stereocenters. The number of amides is 3. The smallest absolute Gasteiger partial charge is 0.238 e. The van der Waals surface area contributed by atoms with Gasteiger partial charge in [-0.3, -0.25) is 19.3 Å². The van der Waals surface area contributed by atoms with Crippen LogP contribution in [0.1, 0.15) is 6.92 Å². The Morgan fingerprint density at radius 2 is 1.39 bits per heavy atom. The van der Waals surface area contributed by atoms with Crippen LogP contribution in [0.4, 0.5) is 17.1 Å². The predicted molar refractivity (Wildman–Crippen MR) is 108 cm³/mol. The van der Waals surface area contributed by atoms with E-state index in [2.05, 4.69) is 16.0 Å². The molecule has 0 aliphatic heterocycles. The fraction of sp³-hybridized carbons (Fsp3) is 0.250. The first-order valence-corrected chi connectivity index (χ1v) is 8.65. The van der Waals surface area contributed by atoms with Gasteiger partial charge in [0.25, 0.3) is 0 Å². The number of benzene rings is 2. The Balaban J connectivity index is 1.79. The molecule has 0 aromatic heterocycles. The average Bonchev–Trinajstić information content (AvgIpc) is 2.62. The number of likely N-dealkylation sites (N-methyl/N-ethyl adjacent to an activating group) is 1. The molecule has 2 rings (SSSR count). The first-order valence-electron chi connectivity index (χ1n) is 8.65. The summed E-state index contributed by atoms with van der Waals surface area (Å²) in [6.07, 6.45) is 0. The largest absolute Gasteiger partial charge is 0.497 e. The molecule has 148 valence electrons. The minimum Gasteiger partial charge on any atom is -0.497 e. The maximum Gasteiger partial charge on any atom is 0.238 e. The number of anilines is 3. The fourth-order valence-electron chi connectivity index (χ4n) is 2.49. The van der Waals surface area contributed by atoms with Gasteiger partial charge in [0, 0.05) is 30.1 Å². The van der Waals surface area contributed by atoms with Crippen LogP contribution in [0.2, 0.25) is 0 Å². The van der Waals surface area contributed by atoms with Crippen molar-refractivity contribution < 1.29 is 19.1 Å². The van der Waals surface area contributed by atoms with Crippen molar-refractivity contribution in [3.8, 4) is 5.75 Å².